The second kappa shape index (κ2) is 6.32. The largest absolute Gasteiger partial charge is 0.328 e. The van der Waals surface area contributed by atoms with Crippen LogP contribution in [0.2, 0.25) is 5.02 Å². The van der Waals surface area contributed by atoms with Crippen molar-refractivity contribution in [3.63, 3.8) is 0 Å². The highest BCUT2D eigenvalue weighted by molar-refractivity contribution is 6.30. The molecule has 1 fully saturated rings. The van der Waals surface area contributed by atoms with E-state index in [2.05, 4.69) is 4.90 Å². The molecule has 1 aliphatic rings. The highest BCUT2D eigenvalue weighted by Crippen LogP contribution is 2.11. The second-order valence-corrected chi connectivity index (χ2v) is 5.39. The van der Waals surface area contributed by atoms with Crippen LogP contribution in [-0.4, -0.2) is 36.4 Å². The van der Waals surface area contributed by atoms with Crippen LogP contribution in [0.25, 0.3) is 0 Å². The molecule has 1 saturated heterocycles. The van der Waals surface area contributed by atoms with E-state index in [1.165, 1.54) is 0 Å². The van der Waals surface area contributed by atoms with Crippen molar-refractivity contribution in [3.8, 4) is 0 Å². The number of piperidine rings is 1. The topological polar surface area (TPSA) is 46.3 Å². The summed E-state index contributed by atoms with van der Waals surface area (Å²) in [5, 5.41) is 0.705. The normalized spacial score (nSPS) is 17.9. The molecule has 0 amide bonds. The van der Waals surface area contributed by atoms with E-state index in [1.807, 2.05) is 24.3 Å². The van der Waals surface area contributed by atoms with Crippen LogP contribution >= 0.6 is 11.6 Å². The third-order valence-electron chi connectivity index (χ3n) is 3.35. The number of hydrogen-bond acceptors (Lipinski definition) is 3. The molecule has 0 radical (unpaired) electrons. The van der Waals surface area contributed by atoms with Gasteiger partial charge >= 0.3 is 0 Å². The predicted octanol–water partition coefficient (Wildman–Crippen LogP) is 1.87. The molecular weight excluding hydrogens is 248 g/mol. The quantitative estimate of drug-likeness (QED) is 0.905. The second-order valence-electron chi connectivity index (χ2n) is 4.96. The van der Waals surface area contributed by atoms with Crippen molar-refractivity contribution in [3.05, 3.63) is 34.9 Å². The van der Waals surface area contributed by atoms with Gasteiger partial charge in [-0.1, -0.05) is 23.7 Å². The highest BCUT2D eigenvalue weighted by atomic mass is 35.5. The number of Topliss-reactive ketones (excluding diaryl/α,β-unsaturated/α-hetero) is 1. The van der Waals surface area contributed by atoms with Gasteiger partial charge in [-0.2, -0.15) is 0 Å². The van der Waals surface area contributed by atoms with Crippen molar-refractivity contribution < 1.29 is 4.79 Å². The van der Waals surface area contributed by atoms with Gasteiger partial charge in [-0.3, -0.25) is 9.69 Å². The predicted molar refractivity (Wildman–Crippen MR) is 73.8 cm³/mol. The molecule has 18 heavy (non-hydrogen) atoms. The number of likely N-dealkylation sites (tertiary alicyclic amines) is 1. The molecule has 4 heteroatoms. The Morgan fingerprint density at radius 2 is 1.89 bits per heavy atom. The molecule has 0 saturated carbocycles. The van der Waals surface area contributed by atoms with E-state index >= 15 is 0 Å². The molecule has 0 spiro atoms. The van der Waals surface area contributed by atoms with Crippen LogP contribution in [0.4, 0.5) is 0 Å². The van der Waals surface area contributed by atoms with E-state index in [0.717, 1.165) is 31.5 Å². The van der Waals surface area contributed by atoms with Crippen LogP contribution in [0, 0.1) is 0 Å². The number of nitrogens with two attached hydrogens (primary N) is 1. The fourth-order valence-electron chi connectivity index (χ4n) is 2.25. The fraction of sp³-hybridized carbons (Fsp3) is 0.500. The minimum absolute atomic E-state index is 0.257. The van der Waals surface area contributed by atoms with Crippen molar-refractivity contribution in [2.75, 3.05) is 19.6 Å². The smallest absolute Gasteiger partial charge is 0.151 e. The molecule has 0 unspecified atom stereocenters. The first-order valence-corrected chi connectivity index (χ1v) is 6.75. The number of benzene rings is 1. The Kier molecular flexibility index (Phi) is 4.75. The lowest BCUT2D eigenvalue weighted by atomic mass is 10.0. The van der Waals surface area contributed by atoms with Gasteiger partial charge in [0.15, 0.2) is 5.78 Å². The first kappa shape index (κ1) is 13.5. The van der Waals surface area contributed by atoms with Gasteiger partial charge in [0.25, 0.3) is 0 Å². The van der Waals surface area contributed by atoms with Gasteiger partial charge in [0, 0.05) is 30.6 Å². The summed E-state index contributed by atoms with van der Waals surface area (Å²) >= 11 is 5.81. The number of ketones is 1. The molecule has 0 aromatic heterocycles. The maximum atomic E-state index is 11.9. The number of halogens is 1. The maximum absolute atomic E-state index is 11.9. The molecule has 98 valence electrons. The Balaban J connectivity index is 1.80. The van der Waals surface area contributed by atoms with E-state index in [0.29, 0.717) is 24.0 Å². The summed E-state index contributed by atoms with van der Waals surface area (Å²) in [5.41, 5.74) is 6.87. The average molecular weight is 267 g/mol. The SMILES string of the molecule is NC1CCN(CC(=O)Cc2ccc(Cl)cc2)CC1. The van der Waals surface area contributed by atoms with Gasteiger partial charge < -0.3 is 5.73 Å². The van der Waals surface area contributed by atoms with E-state index < -0.39 is 0 Å². The van der Waals surface area contributed by atoms with Crippen LogP contribution in [0.15, 0.2) is 24.3 Å². The molecule has 1 aliphatic heterocycles. The monoisotopic (exact) mass is 266 g/mol. The van der Waals surface area contributed by atoms with Crippen molar-refractivity contribution >= 4 is 17.4 Å². The van der Waals surface area contributed by atoms with Crippen LogP contribution in [0.5, 0.6) is 0 Å². The molecule has 1 aromatic rings. The summed E-state index contributed by atoms with van der Waals surface area (Å²) in [7, 11) is 0. The van der Waals surface area contributed by atoms with E-state index in [9.17, 15) is 4.79 Å². The molecule has 0 bridgehead atoms. The Morgan fingerprint density at radius 1 is 1.28 bits per heavy atom. The summed E-state index contributed by atoms with van der Waals surface area (Å²) in [6.07, 6.45) is 2.47. The van der Waals surface area contributed by atoms with Crippen molar-refractivity contribution in [2.24, 2.45) is 5.73 Å². The lowest BCUT2D eigenvalue weighted by molar-refractivity contribution is -0.119. The number of carbonyl (C=O) groups excluding carboxylic acids is 1. The van der Waals surface area contributed by atoms with Crippen molar-refractivity contribution in [1.29, 1.82) is 0 Å². The fourth-order valence-corrected chi connectivity index (χ4v) is 2.37. The van der Waals surface area contributed by atoms with Gasteiger partial charge in [0.1, 0.15) is 0 Å². The summed E-state index contributed by atoms with van der Waals surface area (Å²) in [5.74, 6) is 0.257. The number of carbonyl (C=O) groups is 1. The first-order valence-electron chi connectivity index (χ1n) is 6.37. The zero-order valence-corrected chi connectivity index (χ0v) is 11.2. The summed E-state index contributed by atoms with van der Waals surface area (Å²) in [6, 6.07) is 7.78. The third kappa shape index (κ3) is 4.09. The summed E-state index contributed by atoms with van der Waals surface area (Å²) in [4.78, 5) is 14.1. The molecule has 1 aromatic carbocycles. The van der Waals surface area contributed by atoms with Gasteiger partial charge in [-0.25, -0.2) is 0 Å². The van der Waals surface area contributed by atoms with Crippen molar-refractivity contribution in [2.45, 2.75) is 25.3 Å². The zero-order valence-electron chi connectivity index (χ0n) is 10.4. The molecule has 2 rings (SSSR count). The Morgan fingerprint density at radius 3 is 2.50 bits per heavy atom. The minimum Gasteiger partial charge on any atom is -0.328 e. The molecular formula is C14H19ClN2O. The summed E-state index contributed by atoms with van der Waals surface area (Å²) in [6.45, 7) is 2.41. The lowest BCUT2D eigenvalue weighted by Gasteiger charge is -2.29. The molecule has 0 aliphatic carbocycles. The number of nitrogens with zero attached hydrogens (tertiary/aromatic N) is 1. The molecule has 1 heterocycles. The van der Waals surface area contributed by atoms with Crippen LogP contribution in [0.1, 0.15) is 18.4 Å². The zero-order chi connectivity index (χ0) is 13.0. The first-order chi connectivity index (χ1) is 8.63. The van der Waals surface area contributed by atoms with Gasteiger partial charge in [0.2, 0.25) is 0 Å². The summed E-state index contributed by atoms with van der Waals surface area (Å²) < 4.78 is 0. The van der Waals surface area contributed by atoms with Gasteiger partial charge in [0.05, 0.1) is 6.54 Å². The van der Waals surface area contributed by atoms with E-state index in [4.69, 9.17) is 17.3 Å². The van der Waals surface area contributed by atoms with Crippen LogP contribution in [0.3, 0.4) is 0 Å². The lowest BCUT2D eigenvalue weighted by Crippen LogP contribution is -2.42. The Bertz CT molecular complexity index is 397. The molecule has 3 nitrogen and oxygen atoms in total. The van der Waals surface area contributed by atoms with Gasteiger partial charge in [-0.15, -0.1) is 0 Å². The van der Waals surface area contributed by atoms with E-state index in [1.54, 1.807) is 0 Å². The van der Waals surface area contributed by atoms with Crippen LogP contribution in [-0.2, 0) is 11.2 Å². The molecule has 2 N–H and O–H groups in total. The van der Waals surface area contributed by atoms with E-state index in [-0.39, 0.29) is 5.78 Å². The number of hydrogen-bond donors (Lipinski definition) is 1. The Hall–Kier alpha value is -0.900. The third-order valence-corrected chi connectivity index (χ3v) is 3.60. The van der Waals surface area contributed by atoms with Crippen LogP contribution < -0.4 is 5.73 Å². The maximum Gasteiger partial charge on any atom is 0.151 e. The highest BCUT2D eigenvalue weighted by Gasteiger charge is 2.18. The Labute approximate surface area is 113 Å². The van der Waals surface area contributed by atoms with Gasteiger partial charge in [-0.05, 0) is 30.5 Å². The number of rotatable bonds is 4. The molecule has 0 atom stereocenters. The standard InChI is InChI=1S/C14H19ClN2O/c15-12-3-1-11(2-4-12)9-14(18)10-17-7-5-13(16)6-8-17/h1-4,13H,5-10,16H2. The van der Waals surface area contributed by atoms with Crippen molar-refractivity contribution in [1.82, 2.24) is 4.90 Å². The average Bonchev–Trinajstić information content (AvgIpc) is 2.35. The minimum atomic E-state index is 0.257.